The lowest BCUT2D eigenvalue weighted by Crippen LogP contribution is -2.43. The van der Waals surface area contributed by atoms with Gasteiger partial charge in [-0.3, -0.25) is 0 Å². The number of hydrogen-bond acceptors (Lipinski definition) is 2. The van der Waals surface area contributed by atoms with Crippen LogP contribution in [0.4, 0.5) is 0 Å². The zero-order valence-electron chi connectivity index (χ0n) is 14.5. The molecule has 0 radical (unpaired) electrons. The van der Waals surface area contributed by atoms with Crippen molar-refractivity contribution in [1.29, 1.82) is 0 Å². The highest BCUT2D eigenvalue weighted by Crippen LogP contribution is 2.47. The molecular formula is C22H27NO. The lowest BCUT2D eigenvalue weighted by molar-refractivity contribution is -0.0499. The molecule has 2 aliphatic heterocycles. The Morgan fingerprint density at radius 2 is 1.79 bits per heavy atom. The number of rotatable bonds is 5. The first-order chi connectivity index (χ1) is 11.7. The first-order valence-corrected chi connectivity index (χ1v) is 9.21. The minimum Gasteiger partial charge on any atom is -0.385 e. The van der Waals surface area contributed by atoms with Gasteiger partial charge in [-0.15, -0.1) is 0 Å². The van der Waals surface area contributed by atoms with Gasteiger partial charge in [-0.1, -0.05) is 54.6 Å². The number of hydrogen-bond donors (Lipinski definition) is 1. The van der Waals surface area contributed by atoms with Crippen LogP contribution in [0.3, 0.4) is 0 Å². The van der Waals surface area contributed by atoms with Crippen molar-refractivity contribution in [3.8, 4) is 0 Å². The second-order valence-electron chi connectivity index (χ2n) is 7.64. The molecule has 24 heavy (non-hydrogen) atoms. The first kappa shape index (κ1) is 15.9. The molecule has 2 aromatic carbocycles. The van der Waals surface area contributed by atoms with Crippen LogP contribution in [0.1, 0.15) is 29.5 Å². The Labute approximate surface area is 145 Å². The molecule has 2 heterocycles. The standard InChI is InChI=1S/C22H27NO/c1-17-7-5-6-10-20(17)22(24,13-11-18-8-3-2-4-9-18)21-16-23-14-12-19(21)15-23/h2-10,19,21,24H,11-16H2,1H3. The third-order valence-electron chi connectivity index (χ3n) is 6.20. The lowest BCUT2D eigenvalue weighted by Gasteiger charge is -2.40. The third-order valence-corrected chi connectivity index (χ3v) is 6.20. The molecule has 2 nitrogen and oxygen atoms in total. The molecule has 0 saturated carbocycles. The fraction of sp³-hybridized carbons (Fsp3) is 0.455. The number of piperidine rings is 1. The van der Waals surface area contributed by atoms with Gasteiger partial charge in [0.1, 0.15) is 0 Å². The summed E-state index contributed by atoms with van der Waals surface area (Å²) in [4.78, 5) is 2.53. The highest BCUT2D eigenvalue weighted by molar-refractivity contribution is 5.33. The van der Waals surface area contributed by atoms with Gasteiger partial charge in [0.15, 0.2) is 0 Å². The second kappa shape index (κ2) is 6.34. The molecular weight excluding hydrogens is 294 g/mol. The smallest absolute Gasteiger partial charge is 0.0945 e. The minimum atomic E-state index is -0.721. The monoisotopic (exact) mass is 321 g/mol. The van der Waals surface area contributed by atoms with E-state index in [9.17, 15) is 5.11 Å². The van der Waals surface area contributed by atoms with Gasteiger partial charge in [-0.25, -0.2) is 0 Å². The van der Waals surface area contributed by atoms with Crippen molar-refractivity contribution < 1.29 is 5.11 Å². The summed E-state index contributed by atoms with van der Waals surface area (Å²) in [6.07, 6.45) is 2.97. The molecule has 2 saturated heterocycles. The molecule has 126 valence electrons. The van der Waals surface area contributed by atoms with Crippen molar-refractivity contribution in [3.63, 3.8) is 0 Å². The Bertz CT molecular complexity index is 698. The number of aliphatic hydroxyl groups is 1. The molecule has 4 atom stereocenters. The third kappa shape index (κ3) is 2.78. The fourth-order valence-electron chi connectivity index (χ4n) is 4.88. The van der Waals surface area contributed by atoms with E-state index in [4.69, 9.17) is 0 Å². The van der Waals surface area contributed by atoms with Crippen LogP contribution >= 0.6 is 0 Å². The molecule has 0 aromatic heterocycles. The van der Waals surface area contributed by atoms with Gasteiger partial charge in [0.2, 0.25) is 0 Å². The van der Waals surface area contributed by atoms with E-state index in [1.54, 1.807) is 0 Å². The Hall–Kier alpha value is -1.64. The SMILES string of the molecule is Cc1ccccc1C(O)(CCc1ccccc1)C1CN2CCC1C2. The van der Waals surface area contributed by atoms with Gasteiger partial charge in [0.05, 0.1) is 5.60 Å². The summed E-state index contributed by atoms with van der Waals surface area (Å²) < 4.78 is 0. The fourth-order valence-corrected chi connectivity index (χ4v) is 4.88. The molecule has 0 spiro atoms. The number of fused-ring (bicyclic) bond motifs is 2. The predicted molar refractivity (Wildman–Crippen MR) is 97.9 cm³/mol. The maximum atomic E-state index is 11.9. The van der Waals surface area contributed by atoms with Crippen LogP contribution in [0.25, 0.3) is 0 Å². The Balaban J connectivity index is 1.65. The zero-order chi connectivity index (χ0) is 16.6. The van der Waals surface area contributed by atoms with Crippen molar-refractivity contribution in [2.75, 3.05) is 19.6 Å². The molecule has 2 heteroatoms. The summed E-state index contributed by atoms with van der Waals surface area (Å²) in [5.41, 5.74) is 2.94. The Kier molecular flexibility index (Phi) is 4.19. The van der Waals surface area contributed by atoms with Crippen LogP contribution in [-0.2, 0) is 12.0 Å². The summed E-state index contributed by atoms with van der Waals surface area (Å²) >= 11 is 0. The van der Waals surface area contributed by atoms with Gasteiger partial charge in [-0.2, -0.15) is 0 Å². The lowest BCUT2D eigenvalue weighted by atomic mass is 9.70. The van der Waals surface area contributed by atoms with Gasteiger partial charge >= 0.3 is 0 Å². The number of nitrogens with zero attached hydrogens (tertiary/aromatic N) is 1. The summed E-state index contributed by atoms with van der Waals surface area (Å²) in [6.45, 7) is 5.56. The number of benzene rings is 2. The molecule has 4 unspecified atom stereocenters. The quantitative estimate of drug-likeness (QED) is 0.906. The van der Waals surface area contributed by atoms with Crippen LogP contribution < -0.4 is 0 Å². The summed E-state index contributed by atoms with van der Waals surface area (Å²) in [5.74, 6) is 1.00. The normalized spacial score (nSPS) is 28.0. The zero-order valence-corrected chi connectivity index (χ0v) is 14.5. The van der Waals surface area contributed by atoms with Crippen LogP contribution in [0.2, 0.25) is 0 Å². The van der Waals surface area contributed by atoms with Crippen molar-refractivity contribution in [3.05, 3.63) is 71.3 Å². The van der Waals surface area contributed by atoms with E-state index in [0.29, 0.717) is 11.8 Å². The highest BCUT2D eigenvalue weighted by Gasteiger charge is 2.50. The van der Waals surface area contributed by atoms with E-state index < -0.39 is 5.60 Å². The van der Waals surface area contributed by atoms with Gasteiger partial charge in [0.25, 0.3) is 0 Å². The molecule has 0 amide bonds. The Morgan fingerprint density at radius 1 is 1.04 bits per heavy atom. The summed E-state index contributed by atoms with van der Waals surface area (Å²) in [5, 5.41) is 11.9. The molecule has 1 N–H and O–H groups in total. The largest absolute Gasteiger partial charge is 0.385 e. The van der Waals surface area contributed by atoms with E-state index in [0.717, 1.165) is 24.9 Å². The average molecular weight is 321 g/mol. The molecule has 2 bridgehead atoms. The van der Waals surface area contributed by atoms with E-state index in [1.165, 1.54) is 30.6 Å². The van der Waals surface area contributed by atoms with E-state index in [-0.39, 0.29) is 0 Å². The number of aryl methyl sites for hydroxylation is 2. The van der Waals surface area contributed by atoms with Gasteiger partial charge in [-0.05, 0) is 55.3 Å². The summed E-state index contributed by atoms with van der Waals surface area (Å²) in [6, 6.07) is 19.0. The minimum absolute atomic E-state index is 0.357. The maximum Gasteiger partial charge on any atom is 0.0945 e. The van der Waals surface area contributed by atoms with Gasteiger partial charge < -0.3 is 10.0 Å². The van der Waals surface area contributed by atoms with Crippen LogP contribution in [0.5, 0.6) is 0 Å². The van der Waals surface area contributed by atoms with Crippen molar-refractivity contribution in [2.24, 2.45) is 11.8 Å². The van der Waals surface area contributed by atoms with Crippen LogP contribution in [-0.4, -0.2) is 29.6 Å². The average Bonchev–Trinajstić information content (AvgIpc) is 3.25. The molecule has 2 aromatic rings. The van der Waals surface area contributed by atoms with Crippen molar-refractivity contribution in [2.45, 2.75) is 31.8 Å². The Morgan fingerprint density at radius 3 is 2.46 bits per heavy atom. The van der Waals surface area contributed by atoms with Crippen LogP contribution in [0.15, 0.2) is 54.6 Å². The van der Waals surface area contributed by atoms with E-state index >= 15 is 0 Å². The molecule has 4 rings (SSSR count). The highest BCUT2D eigenvalue weighted by atomic mass is 16.3. The predicted octanol–water partition coefficient (Wildman–Crippen LogP) is 3.77. The van der Waals surface area contributed by atoms with E-state index in [1.807, 2.05) is 0 Å². The maximum absolute atomic E-state index is 11.9. The van der Waals surface area contributed by atoms with Crippen molar-refractivity contribution in [1.82, 2.24) is 4.90 Å². The first-order valence-electron chi connectivity index (χ1n) is 9.21. The molecule has 0 aliphatic carbocycles. The molecule has 2 fully saturated rings. The summed E-state index contributed by atoms with van der Waals surface area (Å²) in [7, 11) is 0. The second-order valence-corrected chi connectivity index (χ2v) is 7.64. The van der Waals surface area contributed by atoms with Gasteiger partial charge in [0, 0.05) is 19.0 Å². The topological polar surface area (TPSA) is 23.5 Å². The van der Waals surface area contributed by atoms with E-state index in [2.05, 4.69) is 66.4 Å². The van der Waals surface area contributed by atoms with Crippen LogP contribution in [0, 0.1) is 18.8 Å². The van der Waals surface area contributed by atoms with Crippen molar-refractivity contribution >= 4 is 0 Å². The molecule has 2 aliphatic rings.